The number of hydrogen-bond acceptors (Lipinski definition) is 3. The van der Waals surface area contributed by atoms with E-state index < -0.39 is 0 Å². The van der Waals surface area contributed by atoms with Gasteiger partial charge in [0.1, 0.15) is 0 Å². The lowest BCUT2D eigenvalue weighted by Crippen LogP contribution is -2.28. The molecule has 1 N–H and O–H groups in total. The summed E-state index contributed by atoms with van der Waals surface area (Å²) >= 11 is 3.71. The first kappa shape index (κ1) is 13.3. The molecule has 0 atom stereocenters. The average molecular weight is 267 g/mol. The fourth-order valence-corrected chi connectivity index (χ4v) is 3.93. The molecule has 1 fully saturated rings. The van der Waals surface area contributed by atoms with Gasteiger partial charge in [-0.1, -0.05) is 6.07 Å². The van der Waals surface area contributed by atoms with E-state index in [1.54, 1.807) is 0 Å². The van der Waals surface area contributed by atoms with Gasteiger partial charge in [0, 0.05) is 9.79 Å². The Balaban J connectivity index is 2.05. The third kappa shape index (κ3) is 3.67. The smallest absolute Gasteiger partial charge is 0.0208 e. The van der Waals surface area contributed by atoms with Crippen molar-refractivity contribution < 1.29 is 0 Å². The second-order valence-electron chi connectivity index (χ2n) is 4.59. The van der Waals surface area contributed by atoms with Gasteiger partial charge in [-0.3, -0.25) is 0 Å². The second-order valence-corrected chi connectivity index (χ2v) is 6.28. The molecule has 2 rings (SSSR count). The standard InChI is InChI=1S/C14H21NS2/c1-16-13-4-3-12(10-14(13)17-2)9-11-5-7-15-8-6-11/h3-4,10-11,15H,5-9H2,1-2H3. The summed E-state index contributed by atoms with van der Waals surface area (Å²) in [5, 5.41) is 3.43. The van der Waals surface area contributed by atoms with Crippen molar-refractivity contribution in [2.75, 3.05) is 25.6 Å². The third-order valence-corrected chi connectivity index (χ3v) is 5.13. The molecule has 1 aliphatic rings. The van der Waals surface area contributed by atoms with Crippen LogP contribution in [0.5, 0.6) is 0 Å². The first-order valence-corrected chi connectivity index (χ1v) is 8.70. The minimum Gasteiger partial charge on any atom is -0.317 e. The average Bonchev–Trinajstić information content (AvgIpc) is 2.40. The molecule has 0 radical (unpaired) electrons. The lowest BCUT2D eigenvalue weighted by atomic mass is 9.91. The zero-order valence-corrected chi connectivity index (χ0v) is 12.3. The topological polar surface area (TPSA) is 12.0 Å². The normalized spacial score (nSPS) is 17.3. The van der Waals surface area contributed by atoms with Crippen LogP contribution in [0.4, 0.5) is 0 Å². The van der Waals surface area contributed by atoms with Crippen molar-refractivity contribution in [1.29, 1.82) is 0 Å². The van der Waals surface area contributed by atoms with E-state index in [4.69, 9.17) is 0 Å². The van der Waals surface area contributed by atoms with E-state index in [1.807, 2.05) is 23.5 Å². The predicted octanol–water partition coefficient (Wildman–Crippen LogP) is 3.67. The van der Waals surface area contributed by atoms with Gasteiger partial charge in [-0.2, -0.15) is 0 Å². The highest BCUT2D eigenvalue weighted by molar-refractivity contribution is 8.01. The molecule has 1 aliphatic heterocycles. The summed E-state index contributed by atoms with van der Waals surface area (Å²) in [7, 11) is 0. The van der Waals surface area contributed by atoms with Crippen molar-refractivity contribution in [3.05, 3.63) is 23.8 Å². The largest absolute Gasteiger partial charge is 0.317 e. The first-order valence-electron chi connectivity index (χ1n) is 6.25. The maximum atomic E-state index is 3.43. The van der Waals surface area contributed by atoms with Crippen molar-refractivity contribution in [3.63, 3.8) is 0 Å². The summed E-state index contributed by atoms with van der Waals surface area (Å²) in [5.41, 5.74) is 1.51. The van der Waals surface area contributed by atoms with Crippen LogP contribution in [0.3, 0.4) is 0 Å². The van der Waals surface area contributed by atoms with Gasteiger partial charge in [0.25, 0.3) is 0 Å². The van der Waals surface area contributed by atoms with E-state index in [0.717, 1.165) is 5.92 Å². The van der Waals surface area contributed by atoms with Crippen LogP contribution in [0.25, 0.3) is 0 Å². The molecule has 3 heteroatoms. The molecule has 0 saturated carbocycles. The van der Waals surface area contributed by atoms with Gasteiger partial charge in [-0.25, -0.2) is 0 Å². The highest BCUT2D eigenvalue weighted by Crippen LogP contribution is 2.30. The molecule has 1 aromatic carbocycles. The molecule has 1 saturated heterocycles. The fourth-order valence-electron chi connectivity index (χ4n) is 2.43. The van der Waals surface area contributed by atoms with Crippen molar-refractivity contribution >= 4 is 23.5 Å². The molecule has 0 aromatic heterocycles. The molecule has 0 aliphatic carbocycles. The SMILES string of the molecule is CSc1ccc(CC2CCNCC2)cc1SC. The van der Waals surface area contributed by atoms with Crippen LogP contribution in [0.15, 0.2) is 28.0 Å². The van der Waals surface area contributed by atoms with Crippen LogP contribution < -0.4 is 5.32 Å². The molecule has 1 aromatic rings. The van der Waals surface area contributed by atoms with Crippen LogP contribution in [0.1, 0.15) is 18.4 Å². The van der Waals surface area contributed by atoms with Crippen LogP contribution in [0, 0.1) is 5.92 Å². The summed E-state index contributed by atoms with van der Waals surface area (Å²) in [6.45, 7) is 2.39. The van der Waals surface area contributed by atoms with Gasteiger partial charge in [0.05, 0.1) is 0 Å². The predicted molar refractivity (Wildman–Crippen MR) is 79.3 cm³/mol. The zero-order valence-electron chi connectivity index (χ0n) is 10.7. The van der Waals surface area contributed by atoms with Crippen LogP contribution in [-0.2, 0) is 6.42 Å². The van der Waals surface area contributed by atoms with Crippen LogP contribution >= 0.6 is 23.5 Å². The summed E-state index contributed by atoms with van der Waals surface area (Å²) in [6.07, 6.45) is 8.24. The number of piperidine rings is 1. The summed E-state index contributed by atoms with van der Waals surface area (Å²) < 4.78 is 0. The lowest BCUT2D eigenvalue weighted by molar-refractivity contribution is 0.372. The lowest BCUT2D eigenvalue weighted by Gasteiger charge is -2.22. The van der Waals surface area contributed by atoms with Gasteiger partial charge >= 0.3 is 0 Å². The maximum Gasteiger partial charge on any atom is 0.0208 e. The Hall–Kier alpha value is -0.120. The molecule has 0 bridgehead atoms. The molecule has 0 unspecified atom stereocenters. The van der Waals surface area contributed by atoms with Gasteiger partial charge in [0.2, 0.25) is 0 Å². The van der Waals surface area contributed by atoms with Crippen molar-refractivity contribution in [1.82, 2.24) is 5.32 Å². The molecule has 17 heavy (non-hydrogen) atoms. The zero-order chi connectivity index (χ0) is 12.1. The molecular formula is C14H21NS2. The molecule has 0 spiro atoms. The molecule has 0 amide bonds. The first-order chi connectivity index (χ1) is 8.33. The second kappa shape index (κ2) is 6.72. The molecule has 1 nitrogen and oxygen atoms in total. The van der Waals surface area contributed by atoms with E-state index >= 15 is 0 Å². The van der Waals surface area contributed by atoms with E-state index in [-0.39, 0.29) is 0 Å². The van der Waals surface area contributed by atoms with Crippen LogP contribution in [0.2, 0.25) is 0 Å². The molecule has 94 valence electrons. The summed E-state index contributed by atoms with van der Waals surface area (Å²) in [5.74, 6) is 0.881. The highest BCUT2D eigenvalue weighted by Gasteiger charge is 2.14. The highest BCUT2D eigenvalue weighted by atomic mass is 32.2. The number of thioether (sulfide) groups is 2. The minimum absolute atomic E-state index is 0.881. The number of nitrogens with one attached hydrogen (secondary N) is 1. The monoisotopic (exact) mass is 267 g/mol. The van der Waals surface area contributed by atoms with E-state index in [0.29, 0.717) is 0 Å². The maximum absolute atomic E-state index is 3.43. The number of rotatable bonds is 4. The number of benzene rings is 1. The van der Waals surface area contributed by atoms with E-state index in [1.165, 1.54) is 47.7 Å². The Labute approximate surface area is 113 Å². The quantitative estimate of drug-likeness (QED) is 0.836. The van der Waals surface area contributed by atoms with Gasteiger partial charge in [-0.15, -0.1) is 23.5 Å². The van der Waals surface area contributed by atoms with Crippen molar-refractivity contribution in [2.24, 2.45) is 5.92 Å². The van der Waals surface area contributed by atoms with Gasteiger partial charge < -0.3 is 5.32 Å². The Morgan fingerprint density at radius 2 is 1.82 bits per heavy atom. The summed E-state index contributed by atoms with van der Waals surface area (Å²) in [4.78, 5) is 2.84. The number of hydrogen-bond donors (Lipinski definition) is 1. The minimum atomic E-state index is 0.881. The summed E-state index contributed by atoms with van der Waals surface area (Å²) in [6, 6.07) is 6.99. The van der Waals surface area contributed by atoms with Gasteiger partial charge in [0.15, 0.2) is 0 Å². The Kier molecular flexibility index (Phi) is 5.26. The van der Waals surface area contributed by atoms with Crippen molar-refractivity contribution in [3.8, 4) is 0 Å². The third-order valence-electron chi connectivity index (χ3n) is 3.43. The Morgan fingerprint density at radius 3 is 2.47 bits per heavy atom. The fraction of sp³-hybridized carbons (Fsp3) is 0.571. The van der Waals surface area contributed by atoms with Crippen molar-refractivity contribution in [2.45, 2.75) is 29.1 Å². The van der Waals surface area contributed by atoms with E-state index in [9.17, 15) is 0 Å². The van der Waals surface area contributed by atoms with Gasteiger partial charge in [-0.05, 0) is 68.5 Å². The molecular weight excluding hydrogens is 246 g/mol. The Bertz CT molecular complexity index is 359. The molecule has 1 heterocycles. The van der Waals surface area contributed by atoms with E-state index in [2.05, 4.69) is 36.0 Å². The van der Waals surface area contributed by atoms with Crippen LogP contribution in [-0.4, -0.2) is 25.6 Å². The Morgan fingerprint density at radius 1 is 1.12 bits per heavy atom.